The van der Waals surface area contributed by atoms with E-state index in [0.717, 1.165) is 25.1 Å². The van der Waals surface area contributed by atoms with Crippen LogP contribution in [-0.2, 0) is 6.42 Å². The monoisotopic (exact) mass is 280 g/mol. The molecule has 2 fully saturated rings. The van der Waals surface area contributed by atoms with Gasteiger partial charge < -0.3 is 5.32 Å². The van der Waals surface area contributed by atoms with Gasteiger partial charge in [-0.3, -0.25) is 9.69 Å². The summed E-state index contributed by atoms with van der Waals surface area (Å²) in [6.45, 7) is 4.32. The first kappa shape index (κ1) is 13.0. The lowest BCUT2D eigenvalue weighted by Crippen LogP contribution is -2.46. The molecule has 0 spiro atoms. The third kappa shape index (κ3) is 2.51. The molecule has 5 nitrogen and oxygen atoms in total. The van der Waals surface area contributed by atoms with Gasteiger partial charge in [-0.15, -0.1) is 5.10 Å². The van der Waals surface area contributed by atoms with Gasteiger partial charge in [0.15, 0.2) is 0 Å². The largest absolute Gasteiger partial charge is 0.347 e. The topological polar surface area (TPSA) is 58.1 Å². The SMILES string of the molecule is CCc1nnsc1C(=O)N[C@H]1CCN2CCCC[C@H]12. The fourth-order valence-corrected chi connectivity index (χ4v) is 3.92. The van der Waals surface area contributed by atoms with Crippen molar-refractivity contribution in [2.75, 3.05) is 13.1 Å². The van der Waals surface area contributed by atoms with E-state index in [4.69, 9.17) is 0 Å². The molecule has 3 rings (SSSR count). The molecule has 2 aliphatic heterocycles. The first-order valence-electron chi connectivity index (χ1n) is 7.15. The van der Waals surface area contributed by atoms with Crippen LogP contribution >= 0.6 is 11.5 Å². The maximum Gasteiger partial charge on any atom is 0.265 e. The van der Waals surface area contributed by atoms with E-state index >= 15 is 0 Å². The lowest BCUT2D eigenvalue weighted by molar-refractivity contribution is 0.0918. The third-order valence-corrected chi connectivity index (χ3v) is 5.04. The van der Waals surface area contributed by atoms with Gasteiger partial charge in [-0.25, -0.2) is 0 Å². The van der Waals surface area contributed by atoms with Crippen molar-refractivity contribution < 1.29 is 4.79 Å². The van der Waals surface area contributed by atoms with Crippen molar-refractivity contribution >= 4 is 17.4 Å². The van der Waals surface area contributed by atoms with Gasteiger partial charge in [-0.2, -0.15) is 0 Å². The fraction of sp³-hybridized carbons (Fsp3) is 0.769. The molecule has 0 aromatic carbocycles. The summed E-state index contributed by atoms with van der Waals surface area (Å²) in [5.74, 6) is 0.0178. The first-order valence-corrected chi connectivity index (χ1v) is 7.93. The molecule has 2 aliphatic rings. The second kappa shape index (κ2) is 5.54. The van der Waals surface area contributed by atoms with Gasteiger partial charge in [-0.1, -0.05) is 17.8 Å². The summed E-state index contributed by atoms with van der Waals surface area (Å²) in [7, 11) is 0. The average Bonchev–Trinajstić information content (AvgIpc) is 3.05. The highest BCUT2D eigenvalue weighted by Crippen LogP contribution is 2.27. The van der Waals surface area contributed by atoms with Crippen LogP contribution in [0.1, 0.15) is 48.0 Å². The number of carbonyl (C=O) groups is 1. The van der Waals surface area contributed by atoms with Crippen LogP contribution in [0.15, 0.2) is 0 Å². The van der Waals surface area contributed by atoms with Crippen LogP contribution in [0.25, 0.3) is 0 Å². The molecular weight excluding hydrogens is 260 g/mol. The first-order chi connectivity index (χ1) is 9.29. The van der Waals surface area contributed by atoms with E-state index in [9.17, 15) is 4.79 Å². The van der Waals surface area contributed by atoms with Crippen LogP contribution in [0.3, 0.4) is 0 Å². The number of nitrogens with one attached hydrogen (secondary N) is 1. The zero-order valence-electron chi connectivity index (χ0n) is 11.3. The average molecular weight is 280 g/mol. The third-order valence-electron chi connectivity index (χ3n) is 4.27. The normalized spacial score (nSPS) is 27.2. The molecule has 0 bridgehead atoms. The van der Waals surface area contributed by atoms with E-state index in [1.54, 1.807) is 0 Å². The van der Waals surface area contributed by atoms with Gasteiger partial charge in [-0.05, 0) is 43.8 Å². The number of amides is 1. The minimum absolute atomic E-state index is 0.0178. The van der Waals surface area contributed by atoms with E-state index in [1.807, 2.05) is 6.92 Å². The van der Waals surface area contributed by atoms with Crippen molar-refractivity contribution in [1.29, 1.82) is 0 Å². The van der Waals surface area contributed by atoms with Crippen LogP contribution in [0.2, 0.25) is 0 Å². The molecule has 1 N–H and O–H groups in total. The number of carbonyl (C=O) groups excluding carboxylic acids is 1. The van der Waals surface area contributed by atoms with E-state index in [0.29, 0.717) is 17.0 Å². The van der Waals surface area contributed by atoms with Crippen LogP contribution < -0.4 is 5.32 Å². The molecule has 0 radical (unpaired) electrons. The van der Waals surface area contributed by atoms with Crippen molar-refractivity contribution in [3.8, 4) is 0 Å². The summed E-state index contributed by atoms with van der Waals surface area (Å²) in [4.78, 5) is 15.5. The number of hydrogen-bond acceptors (Lipinski definition) is 5. The fourth-order valence-electron chi connectivity index (χ4n) is 3.26. The predicted octanol–water partition coefficient (Wildman–Crippen LogP) is 1.46. The molecule has 0 unspecified atom stereocenters. The molecule has 104 valence electrons. The molecular formula is C13H20N4OS. The molecule has 19 heavy (non-hydrogen) atoms. The van der Waals surface area contributed by atoms with E-state index in [1.165, 1.54) is 37.3 Å². The van der Waals surface area contributed by atoms with E-state index in [-0.39, 0.29) is 5.91 Å². The number of piperidine rings is 1. The maximum atomic E-state index is 12.3. The quantitative estimate of drug-likeness (QED) is 0.910. The van der Waals surface area contributed by atoms with Crippen LogP contribution in [0, 0.1) is 0 Å². The molecule has 2 saturated heterocycles. The molecule has 0 saturated carbocycles. The molecule has 1 aromatic heterocycles. The number of rotatable bonds is 3. The predicted molar refractivity (Wildman–Crippen MR) is 74.4 cm³/mol. The van der Waals surface area contributed by atoms with Crippen LogP contribution in [-0.4, -0.2) is 45.6 Å². The van der Waals surface area contributed by atoms with Gasteiger partial charge in [0.05, 0.1) is 5.69 Å². The Morgan fingerprint density at radius 2 is 2.32 bits per heavy atom. The van der Waals surface area contributed by atoms with Crippen molar-refractivity contribution in [3.05, 3.63) is 10.6 Å². The lowest BCUT2D eigenvalue weighted by Gasteiger charge is -2.32. The van der Waals surface area contributed by atoms with Crippen LogP contribution in [0.4, 0.5) is 0 Å². The molecule has 6 heteroatoms. The van der Waals surface area contributed by atoms with E-state index in [2.05, 4.69) is 19.8 Å². The lowest BCUT2D eigenvalue weighted by atomic mass is 9.99. The number of hydrogen-bond donors (Lipinski definition) is 1. The van der Waals surface area contributed by atoms with Crippen molar-refractivity contribution in [2.24, 2.45) is 0 Å². The number of aromatic nitrogens is 2. The highest BCUT2D eigenvalue weighted by molar-refractivity contribution is 7.08. The number of aryl methyl sites for hydroxylation is 1. The number of fused-ring (bicyclic) bond motifs is 1. The summed E-state index contributed by atoms with van der Waals surface area (Å²) in [6, 6.07) is 0.850. The highest BCUT2D eigenvalue weighted by atomic mass is 32.1. The molecule has 1 aromatic rings. The minimum Gasteiger partial charge on any atom is -0.347 e. The Morgan fingerprint density at radius 3 is 3.16 bits per heavy atom. The van der Waals surface area contributed by atoms with Gasteiger partial charge in [0.2, 0.25) is 0 Å². The minimum atomic E-state index is 0.0178. The molecule has 1 amide bonds. The molecule has 2 atom stereocenters. The Kier molecular flexibility index (Phi) is 3.79. The van der Waals surface area contributed by atoms with Gasteiger partial charge >= 0.3 is 0 Å². The van der Waals surface area contributed by atoms with Crippen molar-refractivity contribution in [3.63, 3.8) is 0 Å². The summed E-state index contributed by atoms with van der Waals surface area (Å²) >= 11 is 1.21. The maximum absolute atomic E-state index is 12.3. The summed E-state index contributed by atoms with van der Waals surface area (Å²) in [5.41, 5.74) is 0.820. The molecule has 3 heterocycles. The summed E-state index contributed by atoms with van der Waals surface area (Å²) < 4.78 is 3.89. The molecule has 0 aliphatic carbocycles. The summed E-state index contributed by atoms with van der Waals surface area (Å²) in [5, 5.41) is 7.21. The number of nitrogens with zero attached hydrogens (tertiary/aromatic N) is 3. The second-order valence-electron chi connectivity index (χ2n) is 5.37. The standard InChI is InChI=1S/C13H20N4OS/c1-2-9-12(19-16-15-9)13(18)14-10-6-8-17-7-4-3-5-11(10)17/h10-11H,2-8H2,1H3,(H,14,18)/t10-,11+/m0/s1. The highest BCUT2D eigenvalue weighted by Gasteiger charge is 2.36. The van der Waals surface area contributed by atoms with Gasteiger partial charge in [0, 0.05) is 18.6 Å². The van der Waals surface area contributed by atoms with Crippen molar-refractivity contribution in [2.45, 2.75) is 51.1 Å². The Balaban J connectivity index is 1.66. The Labute approximate surface area is 117 Å². The smallest absolute Gasteiger partial charge is 0.265 e. The second-order valence-corrected chi connectivity index (χ2v) is 6.12. The van der Waals surface area contributed by atoms with E-state index < -0.39 is 0 Å². The zero-order valence-corrected chi connectivity index (χ0v) is 12.1. The van der Waals surface area contributed by atoms with Crippen molar-refractivity contribution in [1.82, 2.24) is 19.8 Å². The Hall–Kier alpha value is -1.01. The van der Waals surface area contributed by atoms with Gasteiger partial charge in [0.1, 0.15) is 4.88 Å². The van der Waals surface area contributed by atoms with Gasteiger partial charge in [0.25, 0.3) is 5.91 Å². The Bertz CT molecular complexity index is 461. The Morgan fingerprint density at radius 1 is 1.42 bits per heavy atom. The summed E-state index contributed by atoms with van der Waals surface area (Å²) in [6.07, 6.45) is 5.64. The van der Waals surface area contributed by atoms with Crippen LogP contribution in [0.5, 0.6) is 0 Å². The zero-order chi connectivity index (χ0) is 13.2.